The van der Waals surface area contributed by atoms with E-state index in [0.29, 0.717) is 0 Å². The van der Waals surface area contributed by atoms with Crippen LogP contribution < -0.4 is 5.32 Å². The van der Waals surface area contributed by atoms with Gasteiger partial charge in [-0.15, -0.1) is 0 Å². The van der Waals surface area contributed by atoms with E-state index in [-0.39, 0.29) is 11.6 Å². The van der Waals surface area contributed by atoms with E-state index < -0.39 is 0 Å². The smallest absolute Gasteiger partial charge is 0.318 e. The van der Waals surface area contributed by atoms with Crippen molar-refractivity contribution < 1.29 is 4.79 Å². The first-order valence-corrected chi connectivity index (χ1v) is 8.06. The predicted molar refractivity (Wildman–Crippen MR) is 84.6 cm³/mol. The topological polar surface area (TPSA) is 35.6 Å². The second-order valence-corrected chi connectivity index (χ2v) is 6.38. The fraction of sp³-hybridized carbons (Fsp3) is 0.562. The van der Waals surface area contributed by atoms with Crippen molar-refractivity contribution in [2.75, 3.05) is 32.7 Å². The van der Waals surface area contributed by atoms with Gasteiger partial charge in [0.1, 0.15) is 0 Å². The second-order valence-electron chi connectivity index (χ2n) is 5.94. The number of rotatable bonds is 3. The van der Waals surface area contributed by atoms with Crippen LogP contribution in [0.5, 0.6) is 0 Å². The van der Waals surface area contributed by atoms with E-state index in [0.717, 1.165) is 56.2 Å². The zero-order chi connectivity index (χ0) is 14.9. The van der Waals surface area contributed by atoms with Gasteiger partial charge in [0.15, 0.2) is 0 Å². The van der Waals surface area contributed by atoms with E-state index >= 15 is 0 Å². The van der Waals surface area contributed by atoms with Gasteiger partial charge in [0.2, 0.25) is 0 Å². The Kier molecular flexibility index (Phi) is 4.09. The van der Waals surface area contributed by atoms with Gasteiger partial charge in [0.25, 0.3) is 0 Å². The van der Waals surface area contributed by atoms with E-state index in [1.807, 2.05) is 29.2 Å². The monoisotopic (exact) mass is 307 g/mol. The van der Waals surface area contributed by atoms with Crippen LogP contribution in [0.4, 0.5) is 4.79 Å². The molecule has 0 aromatic heterocycles. The zero-order valence-corrected chi connectivity index (χ0v) is 13.2. The largest absolute Gasteiger partial charge is 0.328 e. The number of urea groups is 1. The molecule has 3 rings (SSSR count). The molecule has 5 heteroatoms. The summed E-state index contributed by atoms with van der Waals surface area (Å²) in [5, 5.41) is 3.96. The van der Waals surface area contributed by atoms with Crippen molar-refractivity contribution in [1.82, 2.24) is 15.1 Å². The van der Waals surface area contributed by atoms with Gasteiger partial charge >= 0.3 is 6.03 Å². The number of hydrogen-bond donors (Lipinski definition) is 1. The molecule has 0 spiro atoms. The van der Waals surface area contributed by atoms with Crippen molar-refractivity contribution in [3.63, 3.8) is 0 Å². The molecule has 1 saturated carbocycles. The van der Waals surface area contributed by atoms with Crippen molar-refractivity contribution in [2.45, 2.75) is 25.3 Å². The summed E-state index contributed by atoms with van der Waals surface area (Å²) in [5.41, 5.74) is 0.997. The Morgan fingerprint density at radius 3 is 2.33 bits per heavy atom. The Morgan fingerprint density at radius 1 is 1.19 bits per heavy atom. The molecule has 1 aliphatic heterocycles. The third kappa shape index (κ3) is 3.16. The fourth-order valence-electron chi connectivity index (χ4n) is 2.93. The average molecular weight is 308 g/mol. The molecule has 0 radical (unpaired) electrons. The van der Waals surface area contributed by atoms with E-state index in [9.17, 15) is 4.79 Å². The van der Waals surface area contributed by atoms with Crippen molar-refractivity contribution in [3.8, 4) is 0 Å². The van der Waals surface area contributed by atoms with Crippen LogP contribution in [0.25, 0.3) is 0 Å². The molecule has 1 aromatic rings. The minimum Gasteiger partial charge on any atom is -0.328 e. The Balaban J connectivity index is 1.61. The van der Waals surface area contributed by atoms with Crippen LogP contribution in [0.15, 0.2) is 24.3 Å². The minimum absolute atomic E-state index is 0.0678. The molecule has 2 fully saturated rings. The molecule has 1 saturated heterocycles. The van der Waals surface area contributed by atoms with Gasteiger partial charge in [-0.2, -0.15) is 0 Å². The maximum absolute atomic E-state index is 12.5. The van der Waals surface area contributed by atoms with Crippen LogP contribution in [0.1, 0.15) is 25.3 Å². The summed E-state index contributed by atoms with van der Waals surface area (Å²) in [5.74, 6) is 0. The van der Waals surface area contributed by atoms with E-state index in [4.69, 9.17) is 11.6 Å². The molecule has 0 unspecified atom stereocenters. The number of carbonyl (C=O) groups excluding carboxylic acids is 1. The van der Waals surface area contributed by atoms with Crippen molar-refractivity contribution in [1.29, 1.82) is 0 Å². The minimum atomic E-state index is -0.163. The number of amides is 2. The number of halogens is 1. The van der Waals surface area contributed by atoms with Gasteiger partial charge in [-0.05, 0) is 37.1 Å². The first-order chi connectivity index (χ1) is 10.1. The summed E-state index contributed by atoms with van der Waals surface area (Å²) in [6.45, 7) is 6.79. The Labute approximate surface area is 131 Å². The maximum Gasteiger partial charge on any atom is 0.318 e. The molecule has 1 heterocycles. The van der Waals surface area contributed by atoms with Gasteiger partial charge in [0, 0.05) is 31.2 Å². The molecule has 2 amide bonds. The molecular formula is C16H22ClN3O. The number of nitrogens with zero attached hydrogens (tertiary/aromatic N) is 2. The lowest BCUT2D eigenvalue weighted by atomic mass is 10.1. The predicted octanol–water partition coefficient (Wildman–Crippen LogP) is 2.68. The van der Waals surface area contributed by atoms with Gasteiger partial charge in [0.05, 0.1) is 5.54 Å². The highest BCUT2D eigenvalue weighted by Crippen LogP contribution is 2.45. The molecule has 21 heavy (non-hydrogen) atoms. The number of carbonyl (C=O) groups is 1. The van der Waals surface area contributed by atoms with Crippen molar-refractivity contribution >= 4 is 17.6 Å². The molecule has 114 valence electrons. The highest BCUT2D eigenvalue weighted by molar-refractivity contribution is 6.30. The standard InChI is InChI=1S/C16H22ClN3O/c1-2-19-9-11-20(12-10-19)15(21)18-16(7-8-16)13-3-5-14(17)6-4-13/h3-6H,2,7-12H2,1H3,(H,18,21). The molecule has 4 nitrogen and oxygen atoms in total. The summed E-state index contributed by atoms with van der Waals surface area (Å²) >= 11 is 5.94. The van der Waals surface area contributed by atoms with Crippen LogP contribution >= 0.6 is 11.6 Å². The van der Waals surface area contributed by atoms with E-state index in [2.05, 4.69) is 17.1 Å². The molecule has 2 aliphatic rings. The van der Waals surface area contributed by atoms with Crippen molar-refractivity contribution in [2.24, 2.45) is 0 Å². The van der Waals surface area contributed by atoms with Gasteiger partial charge in [-0.25, -0.2) is 4.79 Å². The molecule has 0 atom stereocenters. The second kappa shape index (κ2) is 5.85. The third-order valence-electron chi connectivity index (χ3n) is 4.60. The SMILES string of the molecule is CCN1CCN(C(=O)NC2(c3ccc(Cl)cc3)CC2)CC1. The Bertz CT molecular complexity index is 505. The molecule has 1 N–H and O–H groups in total. The van der Waals surface area contributed by atoms with Gasteiger partial charge in [-0.1, -0.05) is 30.7 Å². The average Bonchev–Trinajstić information content (AvgIpc) is 3.28. The van der Waals surface area contributed by atoms with Crippen molar-refractivity contribution in [3.05, 3.63) is 34.9 Å². The summed E-state index contributed by atoms with van der Waals surface area (Å²) in [7, 11) is 0. The molecule has 1 aliphatic carbocycles. The first-order valence-electron chi connectivity index (χ1n) is 7.68. The summed E-state index contributed by atoms with van der Waals surface area (Å²) in [6.07, 6.45) is 2.02. The molecule has 1 aromatic carbocycles. The van der Waals surface area contributed by atoms with E-state index in [1.165, 1.54) is 0 Å². The summed E-state index contributed by atoms with van der Waals surface area (Å²) < 4.78 is 0. The highest BCUT2D eigenvalue weighted by atomic mass is 35.5. The van der Waals surface area contributed by atoms with Crippen LogP contribution in [-0.4, -0.2) is 48.6 Å². The van der Waals surface area contributed by atoms with Crippen LogP contribution in [0.3, 0.4) is 0 Å². The number of benzene rings is 1. The summed E-state index contributed by atoms with van der Waals surface area (Å²) in [4.78, 5) is 16.8. The lowest BCUT2D eigenvalue weighted by Crippen LogP contribution is -2.53. The number of piperazine rings is 1. The Hall–Kier alpha value is -1.26. The maximum atomic E-state index is 12.5. The zero-order valence-electron chi connectivity index (χ0n) is 12.4. The fourth-order valence-corrected chi connectivity index (χ4v) is 3.06. The van der Waals surface area contributed by atoms with E-state index in [1.54, 1.807) is 0 Å². The number of likely N-dealkylation sites (N-methyl/N-ethyl adjacent to an activating group) is 1. The normalized spacial score (nSPS) is 21.1. The van der Waals surface area contributed by atoms with Crippen LogP contribution in [-0.2, 0) is 5.54 Å². The Morgan fingerprint density at radius 2 is 1.81 bits per heavy atom. The quantitative estimate of drug-likeness (QED) is 0.932. The third-order valence-corrected chi connectivity index (χ3v) is 4.85. The lowest BCUT2D eigenvalue weighted by molar-refractivity contribution is 0.140. The van der Waals surface area contributed by atoms with Crippen LogP contribution in [0, 0.1) is 0 Å². The lowest BCUT2D eigenvalue weighted by Gasteiger charge is -2.35. The summed E-state index contributed by atoms with van der Waals surface area (Å²) in [6, 6.07) is 7.89. The van der Waals surface area contributed by atoms with Gasteiger partial charge < -0.3 is 15.1 Å². The molecular weight excluding hydrogens is 286 g/mol. The van der Waals surface area contributed by atoms with Gasteiger partial charge in [-0.3, -0.25) is 0 Å². The number of hydrogen-bond acceptors (Lipinski definition) is 2. The first kappa shape index (κ1) is 14.7. The number of nitrogens with one attached hydrogen (secondary N) is 1. The van der Waals surface area contributed by atoms with Crippen LogP contribution in [0.2, 0.25) is 5.02 Å². The highest BCUT2D eigenvalue weighted by Gasteiger charge is 2.46. The molecule has 0 bridgehead atoms.